The molecule has 1 unspecified atom stereocenters. The minimum Gasteiger partial charge on any atom is -0.468 e. The Kier molecular flexibility index (Phi) is 3.67. The van der Waals surface area contributed by atoms with E-state index in [0.29, 0.717) is 6.54 Å². The average molecular weight is 246 g/mol. The van der Waals surface area contributed by atoms with Crippen molar-refractivity contribution in [3.63, 3.8) is 0 Å². The summed E-state index contributed by atoms with van der Waals surface area (Å²) in [6, 6.07) is 7.93. The standard InChI is InChI=1S/C14H18N2O2/c1-10(14(17)18-3)15-8-11-9-16(2)13-7-5-4-6-12(11)13/h4-7,9-10,15H,8H2,1-3H3. The largest absolute Gasteiger partial charge is 0.468 e. The van der Waals surface area contributed by atoms with Crippen LogP contribution in [0.1, 0.15) is 12.5 Å². The number of ether oxygens (including phenoxy) is 1. The Hall–Kier alpha value is -1.81. The van der Waals surface area contributed by atoms with E-state index in [9.17, 15) is 4.79 Å². The molecule has 0 radical (unpaired) electrons. The minimum absolute atomic E-state index is 0.241. The highest BCUT2D eigenvalue weighted by Crippen LogP contribution is 2.20. The summed E-state index contributed by atoms with van der Waals surface area (Å²) in [5.74, 6) is -0.241. The lowest BCUT2D eigenvalue weighted by Crippen LogP contribution is -2.34. The first kappa shape index (κ1) is 12.6. The summed E-state index contributed by atoms with van der Waals surface area (Å²) in [6.07, 6.45) is 2.08. The molecule has 1 aromatic heterocycles. The lowest BCUT2D eigenvalue weighted by atomic mass is 10.1. The summed E-state index contributed by atoms with van der Waals surface area (Å²) in [6.45, 7) is 2.45. The number of rotatable bonds is 4. The molecule has 0 bridgehead atoms. The third kappa shape index (κ3) is 2.38. The summed E-state index contributed by atoms with van der Waals surface area (Å²) in [5.41, 5.74) is 2.38. The summed E-state index contributed by atoms with van der Waals surface area (Å²) < 4.78 is 6.78. The monoisotopic (exact) mass is 246 g/mol. The molecule has 2 rings (SSSR count). The SMILES string of the molecule is COC(=O)C(C)NCc1cn(C)c2ccccc12. The Labute approximate surface area is 107 Å². The number of aryl methyl sites for hydroxylation is 1. The minimum atomic E-state index is -0.297. The smallest absolute Gasteiger partial charge is 0.322 e. The van der Waals surface area contributed by atoms with Crippen LogP contribution in [0.15, 0.2) is 30.5 Å². The van der Waals surface area contributed by atoms with E-state index in [2.05, 4.69) is 33.0 Å². The molecule has 96 valence electrons. The van der Waals surface area contributed by atoms with Crippen molar-refractivity contribution in [3.05, 3.63) is 36.0 Å². The molecule has 1 heterocycles. The molecule has 4 heteroatoms. The number of hydrogen-bond donors (Lipinski definition) is 1. The van der Waals surface area contributed by atoms with Gasteiger partial charge < -0.3 is 14.6 Å². The van der Waals surface area contributed by atoms with Gasteiger partial charge in [-0.15, -0.1) is 0 Å². The zero-order valence-electron chi connectivity index (χ0n) is 10.9. The van der Waals surface area contributed by atoms with Crippen LogP contribution in [0.2, 0.25) is 0 Å². The molecule has 1 N–H and O–H groups in total. The first-order chi connectivity index (χ1) is 8.63. The highest BCUT2D eigenvalue weighted by molar-refractivity contribution is 5.84. The molecule has 2 aromatic rings. The van der Waals surface area contributed by atoms with Crippen molar-refractivity contribution in [2.45, 2.75) is 19.5 Å². The Balaban J connectivity index is 2.15. The molecule has 1 atom stereocenters. The molecule has 0 saturated carbocycles. The fraction of sp³-hybridized carbons (Fsp3) is 0.357. The van der Waals surface area contributed by atoms with E-state index in [1.807, 2.05) is 19.2 Å². The van der Waals surface area contributed by atoms with Crippen LogP contribution in [0.4, 0.5) is 0 Å². The van der Waals surface area contributed by atoms with Gasteiger partial charge in [-0.3, -0.25) is 4.79 Å². The maximum Gasteiger partial charge on any atom is 0.322 e. The van der Waals surface area contributed by atoms with Crippen LogP contribution >= 0.6 is 0 Å². The molecule has 0 aliphatic rings. The van der Waals surface area contributed by atoms with Crippen molar-refractivity contribution in [2.75, 3.05) is 7.11 Å². The van der Waals surface area contributed by atoms with Gasteiger partial charge in [0.05, 0.1) is 7.11 Å². The third-order valence-electron chi connectivity index (χ3n) is 3.13. The Morgan fingerprint density at radius 1 is 1.44 bits per heavy atom. The predicted molar refractivity (Wildman–Crippen MR) is 71.2 cm³/mol. The van der Waals surface area contributed by atoms with E-state index in [1.165, 1.54) is 23.6 Å². The van der Waals surface area contributed by atoms with Gasteiger partial charge in [-0.2, -0.15) is 0 Å². The first-order valence-electron chi connectivity index (χ1n) is 5.97. The Morgan fingerprint density at radius 3 is 2.89 bits per heavy atom. The van der Waals surface area contributed by atoms with Crippen LogP contribution in [-0.2, 0) is 23.1 Å². The van der Waals surface area contributed by atoms with E-state index in [1.54, 1.807) is 6.92 Å². The number of aromatic nitrogens is 1. The van der Waals surface area contributed by atoms with E-state index in [-0.39, 0.29) is 12.0 Å². The van der Waals surface area contributed by atoms with Crippen LogP contribution in [0.25, 0.3) is 10.9 Å². The maximum absolute atomic E-state index is 11.3. The number of esters is 1. The van der Waals surface area contributed by atoms with Crippen LogP contribution in [0, 0.1) is 0 Å². The lowest BCUT2D eigenvalue weighted by Gasteiger charge is -2.10. The second-order valence-corrected chi connectivity index (χ2v) is 4.41. The fourth-order valence-electron chi connectivity index (χ4n) is 2.09. The first-order valence-corrected chi connectivity index (χ1v) is 5.97. The quantitative estimate of drug-likeness (QED) is 0.837. The number of carbonyl (C=O) groups is 1. The topological polar surface area (TPSA) is 43.3 Å². The number of nitrogens with one attached hydrogen (secondary N) is 1. The number of benzene rings is 1. The molecule has 0 saturated heterocycles. The van der Waals surface area contributed by atoms with Crippen LogP contribution in [-0.4, -0.2) is 23.7 Å². The number of methoxy groups -OCH3 is 1. The second-order valence-electron chi connectivity index (χ2n) is 4.41. The number of nitrogens with zero attached hydrogens (tertiary/aromatic N) is 1. The molecular formula is C14H18N2O2. The van der Waals surface area contributed by atoms with E-state index in [0.717, 1.165) is 0 Å². The van der Waals surface area contributed by atoms with Crippen molar-refractivity contribution in [2.24, 2.45) is 7.05 Å². The number of carbonyl (C=O) groups excluding carboxylic acids is 1. The summed E-state index contributed by atoms with van der Waals surface area (Å²) >= 11 is 0. The Bertz CT molecular complexity index is 560. The van der Waals surface area contributed by atoms with E-state index < -0.39 is 0 Å². The zero-order chi connectivity index (χ0) is 13.1. The molecule has 0 fully saturated rings. The molecular weight excluding hydrogens is 228 g/mol. The van der Waals surface area contributed by atoms with Gasteiger partial charge in [-0.05, 0) is 18.6 Å². The van der Waals surface area contributed by atoms with E-state index in [4.69, 9.17) is 0 Å². The summed E-state index contributed by atoms with van der Waals surface area (Å²) in [5, 5.41) is 4.38. The van der Waals surface area contributed by atoms with Crippen molar-refractivity contribution in [1.82, 2.24) is 9.88 Å². The molecule has 1 aromatic carbocycles. The van der Waals surface area contributed by atoms with Gasteiger partial charge in [0.2, 0.25) is 0 Å². The maximum atomic E-state index is 11.3. The van der Waals surface area contributed by atoms with Crippen molar-refractivity contribution < 1.29 is 9.53 Å². The van der Waals surface area contributed by atoms with Gasteiger partial charge in [-0.1, -0.05) is 18.2 Å². The van der Waals surface area contributed by atoms with Gasteiger partial charge in [0.1, 0.15) is 6.04 Å². The van der Waals surface area contributed by atoms with Gasteiger partial charge in [0.25, 0.3) is 0 Å². The van der Waals surface area contributed by atoms with Crippen molar-refractivity contribution >= 4 is 16.9 Å². The number of para-hydroxylation sites is 1. The van der Waals surface area contributed by atoms with Crippen LogP contribution in [0.5, 0.6) is 0 Å². The molecule has 18 heavy (non-hydrogen) atoms. The van der Waals surface area contributed by atoms with Crippen LogP contribution in [0.3, 0.4) is 0 Å². The zero-order valence-corrected chi connectivity index (χ0v) is 10.9. The highest BCUT2D eigenvalue weighted by Gasteiger charge is 2.13. The molecule has 4 nitrogen and oxygen atoms in total. The van der Waals surface area contributed by atoms with Crippen LogP contribution < -0.4 is 5.32 Å². The second kappa shape index (κ2) is 5.23. The normalized spacial score (nSPS) is 12.6. The lowest BCUT2D eigenvalue weighted by molar-refractivity contribution is -0.142. The molecule has 0 aliphatic carbocycles. The van der Waals surface area contributed by atoms with E-state index >= 15 is 0 Å². The summed E-state index contributed by atoms with van der Waals surface area (Å²) in [7, 11) is 3.42. The van der Waals surface area contributed by atoms with Gasteiger partial charge in [0, 0.05) is 30.7 Å². The van der Waals surface area contributed by atoms with Gasteiger partial charge in [-0.25, -0.2) is 0 Å². The molecule has 0 spiro atoms. The molecule has 0 aliphatic heterocycles. The third-order valence-corrected chi connectivity index (χ3v) is 3.13. The highest BCUT2D eigenvalue weighted by atomic mass is 16.5. The number of hydrogen-bond acceptors (Lipinski definition) is 3. The van der Waals surface area contributed by atoms with Crippen molar-refractivity contribution in [1.29, 1.82) is 0 Å². The average Bonchev–Trinajstić information content (AvgIpc) is 2.72. The summed E-state index contributed by atoms with van der Waals surface area (Å²) in [4.78, 5) is 11.3. The van der Waals surface area contributed by atoms with Gasteiger partial charge >= 0.3 is 5.97 Å². The molecule has 0 amide bonds. The fourth-order valence-corrected chi connectivity index (χ4v) is 2.09. The number of fused-ring (bicyclic) bond motifs is 1. The van der Waals surface area contributed by atoms with Gasteiger partial charge in [0.15, 0.2) is 0 Å². The Morgan fingerprint density at radius 2 is 2.17 bits per heavy atom. The predicted octanol–water partition coefficient (Wildman–Crippen LogP) is 1.83. The van der Waals surface area contributed by atoms with Crippen molar-refractivity contribution in [3.8, 4) is 0 Å².